The summed E-state index contributed by atoms with van der Waals surface area (Å²) in [5.41, 5.74) is -3.72. The van der Waals surface area contributed by atoms with Crippen molar-refractivity contribution in [1.29, 1.82) is 0 Å². The number of ketones is 1. The molecule has 3 fully saturated rings. The van der Waals surface area contributed by atoms with Crippen LogP contribution in [0.3, 0.4) is 0 Å². The summed E-state index contributed by atoms with van der Waals surface area (Å²) in [6.07, 6.45) is -3.11. The normalized spacial score (nSPS) is 45.7. The Morgan fingerprint density at radius 3 is 2.21 bits per heavy atom. The van der Waals surface area contributed by atoms with Crippen molar-refractivity contribution in [1.82, 2.24) is 0 Å². The Hall–Kier alpha value is -0.500. The maximum atomic E-state index is 14.5. The lowest BCUT2D eigenvalue weighted by atomic mass is 9.46. The minimum atomic E-state index is -5.78. The van der Waals surface area contributed by atoms with Crippen molar-refractivity contribution in [2.75, 3.05) is 0 Å². The molecule has 0 aliphatic heterocycles. The molecule has 0 radical (unpaired) electrons. The van der Waals surface area contributed by atoms with Gasteiger partial charge in [0.25, 0.3) is 0 Å². The Bertz CT molecular complexity index is 778. The highest BCUT2D eigenvalue weighted by molar-refractivity contribution is 9.12. The van der Waals surface area contributed by atoms with Crippen LogP contribution in [-0.2, 0) is 4.79 Å². The summed E-state index contributed by atoms with van der Waals surface area (Å²) < 4.78 is 69.2. The van der Waals surface area contributed by atoms with Crippen molar-refractivity contribution in [3.63, 3.8) is 0 Å². The number of carbonyl (C=O) groups is 1. The summed E-state index contributed by atoms with van der Waals surface area (Å²) in [7, 11) is 0. The minimum Gasteiger partial charge on any atom is -0.383 e. The van der Waals surface area contributed by atoms with Crippen molar-refractivity contribution >= 4 is 21.7 Å². The molecule has 0 spiro atoms. The van der Waals surface area contributed by atoms with Gasteiger partial charge in [-0.2, -0.15) is 22.0 Å². The molecule has 4 aliphatic carbocycles. The van der Waals surface area contributed by atoms with Gasteiger partial charge >= 0.3 is 12.1 Å². The van der Waals surface area contributed by atoms with Gasteiger partial charge in [0.05, 0.1) is 4.48 Å². The van der Waals surface area contributed by atoms with Crippen LogP contribution in [0.2, 0.25) is 0 Å². The second-order valence-corrected chi connectivity index (χ2v) is 10.8. The molecule has 0 saturated heterocycles. The number of allylic oxidation sites excluding steroid dienone is 1. The minimum absolute atomic E-state index is 0.0194. The van der Waals surface area contributed by atoms with Crippen LogP contribution in [0.1, 0.15) is 65.2 Å². The topological polar surface area (TPSA) is 37.3 Å². The zero-order chi connectivity index (χ0) is 21.6. The first-order valence-electron chi connectivity index (χ1n) is 10.3. The third-order valence-corrected chi connectivity index (χ3v) is 10.0. The lowest BCUT2D eigenvalue weighted by molar-refractivity contribution is -0.363. The van der Waals surface area contributed by atoms with E-state index in [1.54, 1.807) is 0 Å². The Labute approximate surface area is 175 Å². The molecule has 6 atom stereocenters. The fourth-order valence-electron chi connectivity index (χ4n) is 7.42. The fourth-order valence-corrected chi connectivity index (χ4v) is 8.27. The molecule has 164 valence electrons. The third-order valence-electron chi connectivity index (χ3n) is 9.08. The summed E-state index contributed by atoms with van der Waals surface area (Å²) in [4.78, 5) is 12.1. The average Bonchev–Trinajstić information content (AvgIpc) is 2.90. The molecule has 3 saturated carbocycles. The summed E-state index contributed by atoms with van der Waals surface area (Å²) in [6.45, 7) is 3.55. The van der Waals surface area contributed by atoms with Crippen LogP contribution in [0.4, 0.5) is 22.0 Å². The van der Waals surface area contributed by atoms with Gasteiger partial charge < -0.3 is 5.11 Å². The fraction of sp³-hybridized carbons (Fsp3) is 0.857. The molecule has 0 aromatic rings. The second kappa shape index (κ2) is 6.27. The lowest BCUT2D eigenvalue weighted by Crippen LogP contribution is -2.65. The molecule has 0 aromatic carbocycles. The van der Waals surface area contributed by atoms with Crippen LogP contribution in [0.25, 0.3) is 0 Å². The average molecular weight is 485 g/mol. The number of alkyl halides is 5. The van der Waals surface area contributed by atoms with Crippen molar-refractivity contribution < 1.29 is 31.9 Å². The smallest absolute Gasteiger partial charge is 0.383 e. The van der Waals surface area contributed by atoms with Crippen LogP contribution in [0.5, 0.6) is 0 Å². The first-order chi connectivity index (χ1) is 13.2. The highest BCUT2D eigenvalue weighted by atomic mass is 79.9. The zero-order valence-electron chi connectivity index (χ0n) is 16.5. The van der Waals surface area contributed by atoms with E-state index in [9.17, 15) is 31.9 Å². The van der Waals surface area contributed by atoms with Crippen molar-refractivity contribution in [3.8, 4) is 0 Å². The van der Waals surface area contributed by atoms with Gasteiger partial charge in [-0.15, -0.1) is 0 Å². The first kappa shape index (κ1) is 21.7. The summed E-state index contributed by atoms with van der Waals surface area (Å²) >= 11 is 3.45. The third kappa shape index (κ3) is 2.56. The molecule has 0 amide bonds. The molecule has 1 N–H and O–H groups in total. The number of halogens is 6. The van der Waals surface area contributed by atoms with Crippen molar-refractivity contribution in [2.45, 2.75) is 82.9 Å². The van der Waals surface area contributed by atoms with E-state index < -0.39 is 29.5 Å². The van der Waals surface area contributed by atoms with Crippen LogP contribution >= 0.6 is 15.9 Å². The van der Waals surface area contributed by atoms with Crippen LogP contribution in [0, 0.1) is 28.6 Å². The van der Waals surface area contributed by atoms with E-state index in [0.717, 1.165) is 5.57 Å². The van der Waals surface area contributed by atoms with E-state index in [4.69, 9.17) is 0 Å². The van der Waals surface area contributed by atoms with E-state index in [1.165, 1.54) is 6.92 Å². The van der Waals surface area contributed by atoms with E-state index >= 15 is 0 Å². The van der Waals surface area contributed by atoms with Gasteiger partial charge in [-0.25, -0.2) is 0 Å². The second-order valence-electron chi connectivity index (χ2n) is 9.98. The van der Waals surface area contributed by atoms with Crippen LogP contribution < -0.4 is 0 Å². The van der Waals surface area contributed by atoms with Gasteiger partial charge in [-0.3, -0.25) is 4.79 Å². The molecule has 8 heteroatoms. The number of hydrogen-bond donors (Lipinski definition) is 1. The first-order valence-corrected chi connectivity index (χ1v) is 11.1. The maximum Gasteiger partial charge on any atom is 0.456 e. The van der Waals surface area contributed by atoms with Gasteiger partial charge in [0.2, 0.25) is 0 Å². The van der Waals surface area contributed by atoms with Gasteiger partial charge in [-0.1, -0.05) is 13.8 Å². The largest absolute Gasteiger partial charge is 0.456 e. The highest BCUT2D eigenvalue weighted by Crippen LogP contribution is 2.71. The van der Waals surface area contributed by atoms with Crippen LogP contribution in [-0.4, -0.2) is 28.6 Å². The van der Waals surface area contributed by atoms with E-state index in [2.05, 4.69) is 22.9 Å². The molecule has 4 aliphatic rings. The van der Waals surface area contributed by atoms with Gasteiger partial charge in [0.1, 0.15) is 5.60 Å². The Morgan fingerprint density at radius 1 is 0.966 bits per heavy atom. The molecule has 29 heavy (non-hydrogen) atoms. The molecule has 0 aromatic heterocycles. The lowest BCUT2D eigenvalue weighted by Gasteiger charge is -2.59. The Balaban J connectivity index is 1.72. The molecule has 0 heterocycles. The predicted octanol–water partition coefficient (Wildman–Crippen LogP) is 6.17. The summed E-state index contributed by atoms with van der Waals surface area (Å²) in [6, 6.07) is 0. The maximum absolute atomic E-state index is 14.5. The summed E-state index contributed by atoms with van der Waals surface area (Å²) in [5, 5.41) is 10.8. The number of aliphatic hydroxyl groups is 1. The van der Waals surface area contributed by atoms with Crippen molar-refractivity contribution in [2.24, 2.45) is 28.6 Å². The summed E-state index contributed by atoms with van der Waals surface area (Å²) in [5.74, 6) is -5.33. The Kier molecular flexibility index (Phi) is 4.70. The van der Waals surface area contributed by atoms with Crippen LogP contribution in [0.15, 0.2) is 10.1 Å². The van der Waals surface area contributed by atoms with E-state index in [-0.39, 0.29) is 41.8 Å². The molecular formula is C21H26BrF5O2. The van der Waals surface area contributed by atoms with Gasteiger partial charge in [-0.05, 0) is 89.6 Å². The SMILES string of the molecule is C[C@]12CCC(=O)C(Br)=C1CCC1C2CC[C@@]2(C)C1CC[C@]2(O)C(F)(F)C(F)(F)F. The predicted molar refractivity (Wildman–Crippen MR) is 101 cm³/mol. The standard InChI is InChI=1S/C21H26BrF5O2/c1-17-8-7-15(28)16(22)14(17)4-3-11-12(17)5-9-18(2)13(11)6-10-19(18,29)20(23,24)21(25,26)27/h11-13,29H,3-10H2,1-2H3/t11?,12?,13?,17-,18+,19-/m1/s1. The van der Waals surface area contributed by atoms with E-state index in [1.807, 2.05) is 0 Å². The number of hydrogen-bond acceptors (Lipinski definition) is 2. The van der Waals surface area contributed by atoms with Gasteiger partial charge in [0, 0.05) is 11.8 Å². The van der Waals surface area contributed by atoms with E-state index in [0.29, 0.717) is 36.6 Å². The number of Topliss-reactive ketones (excluding diaryl/α,β-unsaturated/α-hetero) is 1. The molecule has 3 unspecified atom stereocenters. The number of carbonyl (C=O) groups excluding carboxylic acids is 1. The number of fused-ring (bicyclic) bond motifs is 5. The molecule has 0 bridgehead atoms. The monoisotopic (exact) mass is 484 g/mol. The molecular weight excluding hydrogens is 459 g/mol. The highest BCUT2D eigenvalue weighted by Gasteiger charge is 2.79. The zero-order valence-corrected chi connectivity index (χ0v) is 18.1. The molecule has 4 rings (SSSR count). The van der Waals surface area contributed by atoms with Crippen molar-refractivity contribution in [3.05, 3.63) is 10.1 Å². The quantitative estimate of drug-likeness (QED) is 0.451. The Morgan fingerprint density at radius 2 is 1.59 bits per heavy atom. The van der Waals surface area contributed by atoms with Gasteiger partial charge in [0.15, 0.2) is 5.78 Å². The number of rotatable bonds is 1. The molecule has 2 nitrogen and oxygen atoms in total.